The molecule has 2 aromatic rings. The van der Waals surface area contributed by atoms with Gasteiger partial charge in [-0.05, 0) is 48.4 Å². The predicted molar refractivity (Wildman–Crippen MR) is 122 cm³/mol. The van der Waals surface area contributed by atoms with Crippen molar-refractivity contribution in [3.8, 4) is 17.3 Å². The zero-order chi connectivity index (χ0) is 20.3. The zero-order valence-corrected chi connectivity index (χ0v) is 18.1. The average Bonchev–Trinajstić information content (AvgIpc) is 2.79. The highest BCUT2D eigenvalue weighted by Gasteiger charge is 2.20. The molecule has 0 spiro atoms. The van der Waals surface area contributed by atoms with Gasteiger partial charge in [0.15, 0.2) is 0 Å². The first-order valence-electron chi connectivity index (χ1n) is 11.7. The highest BCUT2D eigenvalue weighted by Crippen LogP contribution is 2.34. The molecule has 1 aromatic heterocycles. The van der Waals surface area contributed by atoms with E-state index in [0.29, 0.717) is 5.56 Å². The van der Waals surface area contributed by atoms with Crippen molar-refractivity contribution in [2.24, 2.45) is 11.8 Å². The monoisotopic (exact) mass is 388 g/mol. The van der Waals surface area contributed by atoms with E-state index in [4.69, 9.17) is 5.26 Å². The van der Waals surface area contributed by atoms with Gasteiger partial charge in [-0.1, -0.05) is 89.3 Å². The normalized spacial score (nSPS) is 19.0. The lowest BCUT2D eigenvalue weighted by Gasteiger charge is -2.28. The summed E-state index contributed by atoms with van der Waals surface area (Å²) in [6.07, 6.45) is 18.8. The van der Waals surface area contributed by atoms with Crippen LogP contribution in [-0.4, -0.2) is 4.98 Å². The van der Waals surface area contributed by atoms with Crippen LogP contribution in [0.25, 0.3) is 11.3 Å². The molecule has 1 fully saturated rings. The maximum atomic E-state index is 8.92. The van der Waals surface area contributed by atoms with Gasteiger partial charge in [-0.2, -0.15) is 5.26 Å². The molecule has 0 saturated heterocycles. The number of pyridine rings is 1. The minimum absolute atomic E-state index is 0.691. The number of rotatable bonds is 10. The Morgan fingerprint density at radius 1 is 0.862 bits per heavy atom. The Morgan fingerprint density at radius 3 is 2.17 bits per heavy atom. The number of hydrogen-bond acceptors (Lipinski definition) is 2. The van der Waals surface area contributed by atoms with Crippen molar-refractivity contribution in [2.75, 3.05) is 0 Å². The molecule has 2 nitrogen and oxygen atoms in total. The Morgan fingerprint density at radius 2 is 1.55 bits per heavy atom. The number of unbranched alkanes of at least 4 members (excludes halogenated alkanes) is 4. The van der Waals surface area contributed by atoms with E-state index in [9.17, 15) is 0 Å². The lowest BCUT2D eigenvalue weighted by atomic mass is 9.78. The SMILES string of the molecule is CCCCCCC[C@H]1CC[C@H](CCc2ccc(-c3ccc(C#N)cc3)nc2)CC1. The lowest BCUT2D eigenvalue weighted by Crippen LogP contribution is -2.15. The van der Waals surface area contributed by atoms with Crippen LogP contribution in [0.4, 0.5) is 0 Å². The van der Waals surface area contributed by atoms with Crippen LogP contribution in [0.2, 0.25) is 0 Å². The molecule has 1 heterocycles. The minimum Gasteiger partial charge on any atom is -0.256 e. The summed E-state index contributed by atoms with van der Waals surface area (Å²) < 4.78 is 0. The number of nitriles is 1. The fraction of sp³-hybridized carbons (Fsp3) is 0.556. The van der Waals surface area contributed by atoms with Crippen molar-refractivity contribution in [1.82, 2.24) is 4.98 Å². The third kappa shape index (κ3) is 7.00. The lowest BCUT2D eigenvalue weighted by molar-refractivity contribution is 0.248. The van der Waals surface area contributed by atoms with Crippen molar-refractivity contribution in [1.29, 1.82) is 5.26 Å². The van der Waals surface area contributed by atoms with E-state index in [0.717, 1.165) is 29.5 Å². The molecular weight excluding hydrogens is 352 g/mol. The van der Waals surface area contributed by atoms with Gasteiger partial charge in [0.05, 0.1) is 17.3 Å². The Bertz CT molecular complexity index is 747. The Balaban J connectivity index is 1.37. The van der Waals surface area contributed by atoms with Crippen molar-refractivity contribution in [3.63, 3.8) is 0 Å². The maximum Gasteiger partial charge on any atom is 0.0991 e. The van der Waals surface area contributed by atoms with E-state index in [-0.39, 0.29) is 0 Å². The van der Waals surface area contributed by atoms with Gasteiger partial charge in [0.25, 0.3) is 0 Å². The molecule has 3 rings (SSSR count). The molecule has 0 unspecified atom stereocenters. The Labute approximate surface area is 177 Å². The predicted octanol–water partition coefficient (Wildman–Crippen LogP) is 7.72. The van der Waals surface area contributed by atoms with E-state index in [1.165, 1.54) is 76.2 Å². The average molecular weight is 389 g/mol. The van der Waals surface area contributed by atoms with Gasteiger partial charge in [-0.15, -0.1) is 0 Å². The first-order valence-corrected chi connectivity index (χ1v) is 11.7. The molecular formula is C27H36N2. The number of aromatic nitrogens is 1. The van der Waals surface area contributed by atoms with Gasteiger partial charge in [0, 0.05) is 11.8 Å². The second-order valence-corrected chi connectivity index (χ2v) is 8.87. The Hall–Kier alpha value is -2.14. The standard InChI is InChI=1S/C27H36N2/c1-2-3-4-5-6-7-22-8-10-23(11-9-22)12-13-25-16-19-27(29-21-25)26-17-14-24(20-28)15-18-26/h14-19,21-23H,2-13H2,1H3/t22-,23-. The van der Waals surface area contributed by atoms with Gasteiger partial charge < -0.3 is 0 Å². The van der Waals surface area contributed by atoms with Crippen LogP contribution in [0.3, 0.4) is 0 Å². The summed E-state index contributed by atoms with van der Waals surface area (Å²) >= 11 is 0. The fourth-order valence-corrected chi connectivity index (χ4v) is 4.67. The summed E-state index contributed by atoms with van der Waals surface area (Å²) in [4.78, 5) is 4.65. The molecule has 0 N–H and O–H groups in total. The molecule has 29 heavy (non-hydrogen) atoms. The van der Waals surface area contributed by atoms with E-state index >= 15 is 0 Å². The smallest absolute Gasteiger partial charge is 0.0991 e. The number of aryl methyl sites for hydroxylation is 1. The second kappa shape index (κ2) is 11.8. The van der Waals surface area contributed by atoms with E-state index in [1.54, 1.807) is 0 Å². The third-order valence-corrected chi connectivity index (χ3v) is 6.66. The van der Waals surface area contributed by atoms with E-state index < -0.39 is 0 Å². The van der Waals surface area contributed by atoms with Crippen LogP contribution in [0.1, 0.15) is 88.7 Å². The molecule has 0 bridgehead atoms. The summed E-state index contributed by atoms with van der Waals surface area (Å²) in [6, 6.07) is 14.2. The first kappa shape index (κ1) is 21.6. The van der Waals surface area contributed by atoms with Gasteiger partial charge in [0.1, 0.15) is 0 Å². The van der Waals surface area contributed by atoms with Crippen LogP contribution in [0.5, 0.6) is 0 Å². The van der Waals surface area contributed by atoms with Crippen molar-refractivity contribution >= 4 is 0 Å². The zero-order valence-electron chi connectivity index (χ0n) is 18.1. The van der Waals surface area contributed by atoms with Crippen LogP contribution < -0.4 is 0 Å². The number of benzene rings is 1. The third-order valence-electron chi connectivity index (χ3n) is 6.66. The molecule has 2 heteroatoms. The van der Waals surface area contributed by atoms with E-state index in [1.807, 2.05) is 30.5 Å². The first-order chi connectivity index (χ1) is 14.3. The molecule has 1 aliphatic carbocycles. The molecule has 1 aromatic carbocycles. The molecule has 0 radical (unpaired) electrons. The number of nitrogens with zero attached hydrogens (tertiary/aromatic N) is 2. The van der Waals surface area contributed by atoms with Crippen LogP contribution in [0, 0.1) is 23.2 Å². The molecule has 1 aliphatic rings. The summed E-state index contributed by atoms with van der Waals surface area (Å²) in [6.45, 7) is 2.29. The van der Waals surface area contributed by atoms with Crippen LogP contribution in [0.15, 0.2) is 42.6 Å². The summed E-state index contributed by atoms with van der Waals surface area (Å²) in [5, 5.41) is 8.92. The van der Waals surface area contributed by atoms with Gasteiger partial charge in [-0.3, -0.25) is 4.98 Å². The van der Waals surface area contributed by atoms with Gasteiger partial charge in [-0.25, -0.2) is 0 Å². The highest BCUT2D eigenvalue weighted by atomic mass is 14.7. The summed E-state index contributed by atoms with van der Waals surface area (Å²) in [7, 11) is 0. The van der Waals surface area contributed by atoms with E-state index in [2.05, 4.69) is 30.1 Å². The Kier molecular flexibility index (Phi) is 8.75. The topological polar surface area (TPSA) is 36.7 Å². The van der Waals surface area contributed by atoms with Crippen LogP contribution in [-0.2, 0) is 6.42 Å². The molecule has 0 aliphatic heterocycles. The largest absolute Gasteiger partial charge is 0.256 e. The van der Waals surface area contributed by atoms with Crippen molar-refractivity contribution < 1.29 is 0 Å². The summed E-state index contributed by atoms with van der Waals surface area (Å²) in [5.74, 6) is 1.91. The van der Waals surface area contributed by atoms with Crippen molar-refractivity contribution in [3.05, 3.63) is 53.7 Å². The quantitative estimate of drug-likeness (QED) is 0.391. The molecule has 0 amide bonds. The van der Waals surface area contributed by atoms with Gasteiger partial charge in [0.2, 0.25) is 0 Å². The summed E-state index contributed by atoms with van der Waals surface area (Å²) in [5.41, 5.74) is 4.10. The highest BCUT2D eigenvalue weighted by molar-refractivity contribution is 5.60. The second-order valence-electron chi connectivity index (χ2n) is 8.87. The minimum atomic E-state index is 0.691. The maximum absolute atomic E-state index is 8.92. The fourth-order valence-electron chi connectivity index (χ4n) is 4.67. The molecule has 154 valence electrons. The van der Waals surface area contributed by atoms with Gasteiger partial charge >= 0.3 is 0 Å². The van der Waals surface area contributed by atoms with Crippen LogP contribution >= 0.6 is 0 Å². The molecule has 0 atom stereocenters. The van der Waals surface area contributed by atoms with Crippen molar-refractivity contribution in [2.45, 2.75) is 84.0 Å². The number of hydrogen-bond donors (Lipinski definition) is 0. The molecule has 1 saturated carbocycles.